The molecule has 0 unspecified atom stereocenters. The molecule has 1 aromatic carbocycles. The number of anilines is 2. The third-order valence-electron chi connectivity index (χ3n) is 3.12. The van der Waals surface area contributed by atoms with Crippen LogP contribution in [0.1, 0.15) is 23.0 Å². The number of nitrogens with zero attached hydrogens (tertiary/aromatic N) is 2. The molecule has 0 saturated carbocycles. The summed E-state index contributed by atoms with van der Waals surface area (Å²) in [7, 11) is 1.58. The maximum Gasteiger partial charge on any atom is 0.271 e. The third kappa shape index (κ3) is 4.53. The van der Waals surface area contributed by atoms with Crippen LogP contribution in [0.15, 0.2) is 36.4 Å². The van der Waals surface area contributed by atoms with E-state index in [4.69, 9.17) is 4.74 Å². The molecule has 1 heterocycles. The summed E-state index contributed by atoms with van der Waals surface area (Å²) in [6.07, 6.45) is 1.01. The lowest BCUT2D eigenvalue weighted by molar-refractivity contribution is 0.0931. The number of ether oxygens (including phenoxy) is 1. The SMILES string of the molecule is CCc1ccc(Nc2ccc(C(=O)NCCOC)nn2)cc1. The Balaban J connectivity index is 1.94. The number of benzene rings is 1. The zero-order valence-corrected chi connectivity index (χ0v) is 12.8. The second kappa shape index (κ2) is 8.09. The molecule has 2 N–H and O–H groups in total. The van der Waals surface area contributed by atoms with Crippen molar-refractivity contribution >= 4 is 17.4 Å². The largest absolute Gasteiger partial charge is 0.383 e. The van der Waals surface area contributed by atoms with Crippen LogP contribution in [-0.2, 0) is 11.2 Å². The van der Waals surface area contributed by atoms with Gasteiger partial charge < -0.3 is 15.4 Å². The Hall–Kier alpha value is -2.47. The molecule has 0 aliphatic heterocycles. The van der Waals surface area contributed by atoms with Gasteiger partial charge in [-0.2, -0.15) is 0 Å². The molecule has 0 spiro atoms. The van der Waals surface area contributed by atoms with Crippen LogP contribution in [0.4, 0.5) is 11.5 Å². The first-order valence-electron chi connectivity index (χ1n) is 7.19. The standard InChI is InChI=1S/C16H20N4O2/c1-3-12-4-6-13(7-5-12)18-15-9-8-14(19-20-15)16(21)17-10-11-22-2/h4-9H,3,10-11H2,1-2H3,(H,17,21)(H,18,20). The average molecular weight is 300 g/mol. The quantitative estimate of drug-likeness (QED) is 0.766. The van der Waals surface area contributed by atoms with Gasteiger partial charge in [0, 0.05) is 19.3 Å². The van der Waals surface area contributed by atoms with Gasteiger partial charge in [0.05, 0.1) is 6.61 Å². The van der Waals surface area contributed by atoms with Crippen LogP contribution >= 0.6 is 0 Å². The van der Waals surface area contributed by atoms with E-state index in [-0.39, 0.29) is 11.6 Å². The molecule has 0 fully saturated rings. The van der Waals surface area contributed by atoms with Crippen molar-refractivity contribution in [2.75, 3.05) is 25.6 Å². The van der Waals surface area contributed by atoms with E-state index in [0.717, 1.165) is 12.1 Å². The van der Waals surface area contributed by atoms with E-state index in [2.05, 4.69) is 39.9 Å². The Morgan fingerprint density at radius 1 is 1.14 bits per heavy atom. The summed E-state index contributed by atoms with van der Waals surface area (Å²) in [6, 6.07) is 11.5. The van der Waals surface area contributed by atoms with Crippen molar-refractivity contribution in [3.05, 3.63) is 47.7 Å². The summed E-state index contributed by atoms with van der Waals surface area (Å²) in [5.74, 6) is 0.334. The molecule has 22 heavy (non-hydrogen) atoms. The summed E-state index contributed by atoms with van der Waals surface area (Å²) in [5, 5.41) is 13.8. The highest BCUT2D eigenvalue weighted by Gasteiger charge is 2.07. The molecule has 0 radical (unpaired) electrons. The second-order valence-corrected chi connectivity index (χ2v) is 4.73. The lowest BCUT2D eigenvalue weighted by Crippen LogP contribution is -2.27. The molecule has 0 aliphatic rings. The van der Waals surface area contributed by atoms with E-state index < -0.39 is 0 Å². The van der Waals surface area contributed by atoms with E-state index in [1.807, 2.05) is 12.1 Å². The molecule has 0 atom stereocenters. The monoisotopic (exact) mass is 300 g/mol. The third-order valence-corrected chi connectivity index (χ3v) is 3.12. The summed E-state index contributed by atoms with van der Waals surface area (Å²) < 4.78 is 4.87. The van der Waals surface area contributed by atoms with Gasteiger partial charge in [-0.1, -0.05) is 19.1 Å². The molecule has 2 aromatic rings. The molecule has 0 saturated heterocycles. The van der Waals surface area contributed by atoms with Crippen molar-refractivity contribution < 1.29 is 9.53 Å². The van der Waals surface area contributed by atoms with Gasteiger partial charge in [-0.25, -0.2) is 0 Å². The molecule has 1 aromatic heterocycles. The van der Waals surface area contributed by atoms with Crippen molar-refractivity contribution in [1.82, 2.24) is 15.5 Å². The van der Waals surface area contributed by atoms with Crippen LogP contribution in [0.25, 0.3) is 0 Å². The first-order chi connectivity index (χ1) is 10.7. The smallest absolute Gasteiger partial charge is 0.271 e. The van der Waals surface area contributed by atoms with E-state index in [9.17, 15) is 4.79 Å². The van der Waals surface area contributed by atoms with Gasteiger partial charge in [0.1, 0.15) is 0 Å². The summed E-state index contributed by atoms with van der Waals surface area (Å²) in [4.78, 5) is 11.8. The number of hydrogen-bond acceptors (Lipinski definition) is 5. The molecule has 2 rings (SSSR count). The molecule has 1 amide bonds. The summed E-state index contributed by atoms with van der Waals surface area (Å²) in [6.45, 7) is 3.03. The number of amides is 1. The number of methoxy groups -OCH3 is 1. The van der Waals surface area contributed by atoms with Crippen LogP contribution in [-0.4, -0.2) is 36.4 Å². The lowest BCUT2D eigenvalue weighted by atomic mass is 10.1. The maximum atomic E-state index is 11.8. The van der Waals surface area contributed by atoms with Gasteiger partial charge in [0.15, 0.2) is 11.5 Å². The molecule has 0 aliphatic carbocycles. The van der Waals surface area contributed by atoms with Crippen molar-refractivity contribution in [3.63, 3.8) is 0 Å². The average Bonchev–Trinajstić information content (AvgIpc) is 2.56. The molecular weight excluding hydrogens is 280 g/mol. The van der Waals surface area contributed by atoms with Crippen molar-refractivity contribution in [3.8, 4) is 0 Å². The maximum absolute atomic E-state index is 11.8. The van der Waals surface area contributed by atoms with E-state index in [1.54, 1.807) is 19.2 Å². The number of rotatable bonds is 7. The highest BCUT2D eigenvalue weighted by Crippen LogP contribution is 2.15. The van der Waals surface area contributed by atoms with E-state index in [1.165, 1.54) is 5.56 Å². The second-order valence-electron chi connectivity index (χ2n) is 4.73. The van der Waals surface area contributed by atoms with Gasteiger partial charge in [-0.05, 0) is 36.2 Å². The molecule has 116 valence electrons. The summed E-state index contributed by atoms with van der Waals surface area (Å²) >= 11 is 0. The topological polar surface area (TPSA) is 76.1 Å². The predicted molar refractivity (Wildman–Crippen MR) is 85.3 cm³/mol. The van der Waals surface area contributed by atoms with Gasteiger partial charge in [-0.15, -0.1) is 10.2 Å². The molecule has 0 bridgehead atoms. The van der Waals surface area contributed by atoms with Gasteiger partial charge in [0.25, 0.3) is 5.91 Å². The van der Waals surface area contributed by atoms with Crippen molar-refractivity contribution in [2.45, 2.75) is 13.3 Å². The Labute approximate surface area is 129 Å². The zero-order valence-electron chi connectivity index (χ0n) is 12.8. The Morgan fingerprint density at radius 3 is 2.50 bits per heavy atom. The van der Waals surface area contributed by atoms with Gasteiger partial charge in [0.2, 0.25) is 0 Å². The van der Waals surface area contributed by atoms with Gasteiger partial charge >= 0.3 is 0 Å². The fourth-order valence-electron chi connectivity index (χ4n) is 1.85. The van der Waals surface area contributed by atoms with Crippen LogP contribution in [0.5, 0.6) is 0 Å². The Kier molecular flexibility index (Phi) is 5.85. The number of hydrogen-bond donors (Lipinski definition) is 2. The summed E-state index contributed by atoms with van der Waals surface area (Å²) in [5.41, 5.74) is 2.49. The van der Waals surface area contributed by atoms with Crippen molar-refractivity contribution in [2.24, 2.45) is 0 Å². The minimum Gasteiger partial charge on any atom is -0.383 e. The van der Waals surface area contributed by atoms with Crippen LogP contribution in [0.3, 0.4) is 0 Å². The molecular formula is C16H20N4O2. The molecule has 6 heteroatoms. The Morgan fingerprint density at radius 2 is 1.91 bits per heavy atom. The van der Waals surface area contributed by atoms with Gasteiger partial charge in [-0.3, -0.25) is 4.79 Å². The lowest BCUT2D eigenvalue weighted by Gasteiger charge is -2.07. The minimum atomic E-state index is -0.261. The minimum absolute atomic E-state index is 0.261. The first-order valence-corrected chi connectivity index (χ1v) is 7.19. The number of nitrogens with one attached hydrogen (secondary N) is 2. The number of aryl methyl sites for hydroxylation is 1. The van der Waals surface area contributed by atoms with Crippen molar-refractivity contribution in [1.29, 1.82) is 0 Å². The van der Waals surface area contributed by atoms with Crippen LogP contribution in [0.2, 0.25) is 0 Å². The fraction of sp³-hybridized carbons (Fsp3) is 0.312. The highest BCUT2D eigenvalue weighted by atomic mass is 16.5. The number of carbonyl (C=O) groups excluding carboxylic acids is 1. The first kappa shape index (κ1) is 15.9. The van der Waals surface area contributed by atoms with Crippen LogP contribution in [0, 0.1) is 0 Å². The Bertz CT molecular complexity index is 597. The fourth-order valence-corrected chi connectivity index (χ4v) is 1.85. The molecule has 6 nitrogen and oxygen atoms in total. The zero-order chi connectivity index (χ0) is 15.8. The number of carbonyl (C=O) groups is 1. The van der Waals surface area contributed by atoms with E-state index >= 15 is 0 Å². The van der Waals surface area contributed by atoms with E-state index in [0.29, 0.717) is 19.0 Å². The van der Waals surface area contributed by atoms with Crippen LogP contribution < -0.4 is 10.6 Å². The number of aromatic nitrogens is 2. The predicted octanol–water partition coefficient (Wildman–Crippen LogP) is 2.16. The highest BCUT2D eigenvalue weighted by molar-refractivity contribution is 5.92. The normalized spacial score (nSPS) is 10.3.